The molecule has 138 valence electrons. The Bertz CT molecular complexity index is 737. The van der Waals surface area contributed by atoms with Gasteiger partial charge in [-0.2, -0.15) is 0 Å². The summed E-state index contributed by atoms with van der Waals surface area (Å²) < 4.78 is 26.9. The van der Waals surface area contributed by atoms with Crippen LogP contribution in [0.3, 0.4) is 0 Å². The number of nitrogens with one attached hydrogen (secondary N) is 2. The number of hydrogen-bond donors (Lipinski definition) is 3. The Morgan fingerprint density at radius 1 is 1.16 bits per heavy atom. The number of aliphatic carboxylic acids is 1. The third-order valence-corrected chi connectivity index (χ3v) is 5.87. The number of carbonyl (C=O) groups is 2. The first-order valence-corrected chi connectivity index (χ1v) is 9.83. The smallest absolute Gasteiger partial charge is 0.306 e. The highest BCUT2D eigenvalue weighted by Gasteiger charge is 2.27. The summed E-state index contributed by atoms with van der Waals surface area (Å²) in [6.45, 7) is 3.45. The molecule has 0 heterocycles. The summed E-state index contributed by atoms with van der Waals surface area (Å²) in [7, 11) is -3.66. The van der Waals surface area contributed by atoms with Crippen molar-refractivity contribution in [3.8, 4) is 0 Å². The lowest BCUT2D eigenvalue weighted by Crippen LogP contribution is -2.38. The van der Waals surface area contributed by atoms with Crippen molar-refractivity contribution in [1.82, 2.24) is 10.0 Å². The molecule has 1 aromatic carbocycles. The Balaban J connectivity index is 2.03. The summed E-state index contributed by atoms with van der Waals surface area (Å²) in [4.78, 5) is 23.4. The van der Waals surface area contributed by atoms with E-state index in [-0.39, 0.29) is 34.4 Å². The number of carboxylic acid groups (broad SMARTS) is 1. The van der Waals surface area contributed by atoms with Crippen LogP contribution in [0.25, 0.3) is 0 Å². The van der Waals surface area contributed by atoms with Gasteiger partial charge < -0.3 is 10.4 Å². The lowest BCUT2D eigenvalue weighted by molar-refractivity contribution is -0.142. The number of rotatable bonds is 6. The third kappa shape index (κ3) is 5.27. The van der Waals surface area contributed by atoms with E-state index in [0.717, 1.165) is 0 Å². The SMILES string of the molecule is CC(C)NS(=O)(=O)c1cccc(C(=O)NC2CCC(C(=O)O)CC2)c1. The van der Waals surface area contributed by atoms with Crippen LogP contribution in [0.5, 0.6) is 0 Å². The van der Waals surface area contributed by atoms with E-state index in [2.05, 4.69) is 10.0 Å². The van der Waals surface area contributed by atoms with Gasteiger partial charge in [0.05, 0.1) is 10.8 Å². The van der Waals surface area contributed by atoms with Crippen LogP contribution < -0.4 is 10.0 Å². The van der Waals surface area contributed by atoms with Gasteiger partial charge in [0, 0.05) is 17.6 Å². The summed E-state index contributed by atoms with van der Waals surface area (Å²) in [5.41, 5.74) is 0.270. The maximum absolute atomic E-state index is 12.4. The minimum absolute atomic E-state index is 0.0448. The zero-order valence-electron chi connectivity index (χ0n) is 14.4. The van der Waals surface area contributed by atoms with Gasteiger partial charge in [0.15, 0.2) is 0 Å². The molecule has 1 aromatic rings. The fraction of sp³-hybridized carbons (Fsp3) is 0.529. The second kappa shape index (κ2) is 7.97. The number of carbonyl (C=O) groups excluding carboxylic acids is 1. The minimum Gasteiger partial charge on any atom is -0.481 e. The average Bonchev–Trinajstić information content (AvgIpc) is 2.54. The molecule has 1 saturated carbocycles. The van der Waals surface area contributed by atoms with Crippen LogP contribution >= 0.6 is 0 Å². The zero-order chi connectivity index (χ0) is 18.6. The van der Waals surface area contributed by atoms with Gasteiger partial charge in [0.2, 0.25) is 10.0 Å². The molecule has 8 heteroatoms. The maximum atomic E-state index is 12.4. The summed E-state index contributed by atoms with van der Waals surface area (Å²) in [6.07, 6.45) is 2.28. The molecule has 1 aliphatic carbocycles. The average molecular weight is 368 g/mol. The molecule has 25 heavy (non-hydrogen) atoms. The molecular weight excluding hydrogens is 344 g/mol. The summed E-state index contributed by atoms with van der Waals surface area (Å²) in [5, 5.41) is 11.9. The van der Waals surface area contributed by atoms with Gasteiger partial charge in [-0.3, -0.25) is 9.59 Å². The Kier molecular flexibility index (Phi) is 6.18. The van der Waals surface area contributed by atoms with E-state index in [0.29, 0.717) is 25.7 Å². The quantitative estimate of drug-likeness (QED) is 0.708. The van der Waals surface area contributed by atoms with Crippen molar-refractivity contribution in [2.24, 2.45) is 5.92 Å². The van der Waals surface area contributed by atoms with Gasteiger partial charge in [0.1, 0.15) is 0 Å². The van der Waals surface area contributed by atoms with Crippen molar-refractivity contribution in [2.75, 3.05) is 0 Å². The molecule has 0 aromatic heterocycles. The van der Waals surface area contributed by atoms with Gasteiger partial charge in [-0.25, -0.2) is 13.1 Å². The number of hydrogen-bond acceptors (Lipinski definition) is 4. The van der Waals surface area contributed by atoms with Crippen LogP contribution in [0.2, 0.25) is 0 Å². The molecule has 0 bridgehead atoms. The van der Waals surface area contributed by atoms with Gasteiger partial charge in [-0.15, -0.1) is 0 Å². The molecule has 0 aliphatic heterocycles. The van der Waals surface area contributed by atoms with Gasteiger partial charge in [-0.1, -0.05) is 6.07 Å². The van der Waals surface area contributed by atoms with Gasteiger partial charge >= 0.3 is 5.97 Å². The van der Waals surface area contributed by atoms with Crippen molar-refractivity contribution in [2.45, 2.75) is 56.5 Å². The minimum atomic E-state index is -3.66. The number of carboxylic acids is 1. The van der Waals surface area contributed by atoms with Crippen molar-refractivity contribution >= 4 is 21.9 Å². The Morgan fingerprint density at radius 2 is 1.80 bits per heavy atom. The van der Waals surface area contributed by atoms with E-state index >= 15 is 0 Å². The first-order valence-electron chi connectivity index (χ1n) is 8.35. The molecular formula is C17H24N2O5S. The largest absolute Gasteiger partial charge is 0.481 e. The predicted molar refractivity (Wildman–Crippen MR) is 92.7 cm³/mol. The fourth-order valence-corrected chi connectivity index (χ4v) is 4.23. The first kappa shape index (κ1) is 19.4. The normalized spacial score (nSPS) is 21.1. The number of benzene rings is 1. The van der Waals surface area contributed by atoms with Gasteiger partial charge in [0.25, 0.3) is 5.91 Å². The molecule has 1 aliphatic rings. The molecule has 2 rings (SSSR count). The molecule has 0 spiro atoms. The van der Waals surface area contributed by atoms with Crippen molar-refractivity contribution in [3.63, 3.8) is 0 Å². The lowest BCUT2D eigenvalue weighted by atomic mass is 9.86. The third-order valence-electron chi connectivity index (χ3n) is 4.21. The molecule has 7 nitrogen and oxygen atoms in total. The topological polar surface area (TPSA) is 113 Å². The standard InChI is InChI=1S/C17H24N2O5S/c1-11(2)19-25(23,24)15-5-3-4-13(10-15)16(20)18-14-8-6-12(7-9-14)17(21)22/h3-5,10-12,14,19H,6-9H2,1-2H3,(H,18,20)(H,21,22). The van der Waals surface area contributed by atoms with Crippen LogP contribution in [0.4, 0.5) is 0 Å². The maximum Gasteiger partial charge on any atom is 0.306 e. The molecule has 0 atom stereocenters. The predicted octanol–water partition coefficient (Wildman–Crippen LogP) is 1.75. The van der Waals surface area contributed by atoms with E-state index in [1.165, 1.54) is 18.2 Å². The van der Waals surface area contributed by atoms with E-state index in [1.54, 1.807) is 19.9 Å². The highest BCUT2D eigenvalue weighted by atomic mass is 32.2. The number of sulfonamides is 1. The monoisotopic (exact) mass is 368 g/mol. The van der Waals surface area contributed by atoms with Crippen molar-refractivity contribution < 1.29 is 23.1 Å². The van der Waals surface area contributed by atoms with Crippen molar-refractivity contribution in [3.05, 3.63) is 29.8 Å². The number of amides is 1. The molecule has 1 fully saturated rings. The lowest BCUT2D eigenvalue weighted by Gasteiger charge is -2.26. The fourth-order valence-electron chi connectivity index (χ4n) is 2.94. The highest BCUT2D eigenvalue weighted by Crippen LogP contribution is 2.24. The Labute approximate surface area is 147 Å². The van der Waals surface area contributed by atoms with E-state index in [1.807, 2.05) is 0 Å². The molecule has 3 N–H and O–H groups in total. The first-order chi connectivity index (χ1) is 11.7. The van der Waals surface area contributed by atoms with Crippen LogP contribution in [0, 0.1) is 5.92 Å². The molecule has 1 amide bonds. The van der Waals surface area contributed by atoms with Gasteiger partial charge in [-0.05, 0) is 57.7 Å². The van der Waals surface area contributed by atoms with Crippen LogP contribution in [-0.2, 0) is 14.8 Å². The van der Waals surface area contributed by atoms with Crippen LogP contribution in [0.1, 0.15) is 49.9 Å². The van der Waals surface area contributed by atoms with E-state index in [9.17, 15) is 18.0 Å². The molecule has 0 saturated heterocycles. The van der Waals surface area contributed by atoms with Crippen molar-refractivity contribution in [1.29, 1.82) is 0 Å². The van der Waals surface area contributed by atoms with Crippen LogP contribution in [-0.4, -0.2) is 37.5 Å². The Morgan fingerprint density at radius 3 is 2.36 bits per heavy atom. The van der Waals surface area contributed by atoms with E-state index in [4.69, 9.17) is 5.11 Å². The van der Waals surface area contributed by atoms with Crippen LogP contribution in [0.15, 0.2) is 29.2 Å². The summed E-state index contributed by atoms with van der Waals surface area (Å²) >= 11 is 0. The molecule has 0 unspecified atom stereocenters. The second-order valence-electron chi connectivity index (χ2n) is 6.66. The summed E-state index contributed by atoms with van der Waals surface area (Å²) in [6, 6.07) is 5.56. The molecule has 0 radical (unpaired) electrons. The summed E-state index contributed by atoms with van der Waals surface area (Å²) in [5.74, 6) is -1.48. The zero-order valence-corrected chi connectivity index (χ0v) is 15.2. The van der Waals surface area contributed by atoms with E-state index < -0.39 is 16.0 Å². The second-order valence-corrected chi connectivity index (χ2v) is 8.38. The Hall–Kier alpha value is -1.93. The highest BCUT2D eigenvalue weighted by molar-refractivity contribution is 7.89.